The molecule has 4 nitrogen and oxygen atoms in total. The lowest BCUT2D eigenvalue weighted by atomic mass is 9.33. The van der Waals surface area contributed by atoms with Gasteiger partial charge < -0.3 is 18.9 Å². The Morgan fingerprint density at radius 3 is 0.992 bits per heavy atom. The van der Waals surface area contributed by atoms with Gasteiger partial charge >= 0.3 is 0 Å². The van der Waals surface area contributed by atoms with Gasteiger partial charge in [0.15, 0.2) is 0 Å². The third kappa shape index (κ3) is 14.0. The molecule has 606 valence electrons. The molecule has 0 aliphatic carbocycles. The van der Waals surface area contributed by atoms with E-state index < -0.39 is 396 Å². The number of hydrogen-bond donors (Lipinski definition) is 0. The minimum atomic E-state index is -1.74. The zero-order valence-electron chi connectivity index (χ0n) is 112. The van der Waals surface area contributed by atoms with Crippen molar-refractivity contribution < 1.29 is 53.5 Å². The molecule has 2 aromatic heterocycles. The average molecular weight is 1620 g/mol. The summed E-state index contributed by atoms with van der Waals surface area (Å²) in [5, 5.41) is -1.96. The van der Waals surface area contributed by atoms with Crippen molar-refractivity contribution in [2.45, 2.75) is 209 Å². The van der Waals surface area contributed by atoms with Crippen molar-refractivity contribution in [1.29, 1.82) is 0 Å². The van der Waals surface area contributed by atoms with Crippen LogP contribution >= 0.6 is 0 Å². The van der Waals surface area contributed by atoms with Gasteiger partial charge in [-0.15, -0.1) is 0 Å². The van der Waals surface area contributed by atoms with Gasteiger partial charge in [0.05, 0.1) is 92.6 Å². The van der Waals surface area contributed by atoms with E-state index in [1.54, 1.807) is 166 Å². The number of benzene rings is 14. The molecule has 0 bridgehead atoms. The Bertz CT molecular complexity index is 9020. The lowest BCUT2D eigenvalue weighted by Gasteiger charge is -2.46. The summed E-state index contributed by atoms with van der Waals surface area (Å²) in [5.41, 5.74) is -23.0. The summed E-state index contributed by atoms with van der Waals surface area (Å²) >= 11 is 0. The summed E-state index contributed by atoms with van der Waals surface area (Å²) in [6.45, 7) is 38.7. The molecule has 0 saturated carbocycles. The Balaban J connectivity index is 1.28. The maximum absolute atomic E-state index is 12.0. The van der Waals surface area contributed by atoms with Crippen molar-refractivity contribution in [2.24, 2.45) is 0 Å². The summed E-state index contributed by atoms with van der Waals surface area (Å²) < 4.78 is 407. The van der Waals surface area contributed by atoms with Crippen molar-refractivity contribution in [1.82, 2.24) is 9.13 Å². The first-order chi connectivity index (χ1) is 73.4. The minimum Gasteiger partial charge on any atom is -0.310 e. The van der Waals surface area contributed by atoms with Crippen LogP contribution in [0.25, 0.3) is 111 Å². The quantitative estimate of drug-likeness (QED) is 0.134. The van der Waals surface area contributed by atoms with E-state index in [0.717, 1.165) is 4.57 Å². The van der Waals surface area contributed by atoms with Crippen LogP contribution < -0.4 is 26.2 Å². The van der Waals surface area contributed by atoms with E-state index in [1.165, 1.54) is 62.9 Å². The molecule has 2 aliphatic rings. The molecule has 121 heavy (non-hydrogen) atoms. The van der Waals surface area contributed by atoms with Crippen LogP contribution in [0.5, 0.6) is 0 Å². The normalized spacial score (nSPS) is 18.1. The van der Waals surface area contributed by atoms with Gasteiger partial charge in [-0.25, -0.2) is 0 Å². The van der Waals surface area contributed by atoms with Crippen LogP contribution in [0.4, 0.5) is 34.1 Å². The number of hydrogen-bond acceptors (Lipinski definition) is 2. The fourth-order valence-corrected chi connectivity index (χ4v) is 16.3. The van der Waals surface area contributed by atoms with Crippen LogP contribution in [0.1, 0.15) is 264 Å². The first-order valence-electron chi connectivity index (χ1n) is 60.4. The van der Waals surface area contributed by atoms with Gasteiger partial charge in [0, 0.05) is 72.2 Å². The molecular weight excluding hydrogens is 1460 g/mol. The monoisotopic (exact) mass is 1620 g/mol. The van der Waals surface area contributed by atoms with Gasteiger partial charge in [0.25, 0.3) is 6.71 Å². The van der Waals surface area contributed by atoms with Crippen LogP contribution in [-0.2, 0) is 43.3 Å². The van der Waals surface area contributed by atoms with Gasteiger partial charge in [-0.2, -0.15) is 0 Å². The van der Waals surface area contributed by atoms with Gasteiger partial charge in [-0.1, -0.05) is 372 Å². The molecule has 0 atom stereocenters. The second-order valence-corrected chi connectivity index (χ2v) is 40.0. The van der Waals surface area contributed by atoms with E-state index in [1.807, 2.05) is 0 Å². The number of anilines is 6. The second kappa shape index (κ2) is 28.5. The molecule has 0 spiro atoms. The summed E-state index contributed by atoms with van der Waals surface area (Å²) in [5.74, 6) is 0. The fraction of sp³-hybridized carbons (Fsp3) is 0.276. The number of aromatic nitrogens is 2. The van der Waals surface area contributed by atoms with E-state index in [-0.39, 0.29) is 95.1 Å². The summed E-state index contributed by atoms with van der Waals surface area (Å²) in [7, 11) is 0. The van der Waals surface area contributed by atoms with Gasteiger partial charge in [-0.3, -0.25) is 0 Å². The largest absolute Gasteiger partial charge is 0.310 e. The van der Waals surface area contributed by atoms with Crippen LogP contribution in [0, 0.1) is 0 Å². The van der Waals surface area contributed by atoms with Gasteiger partial charge in [-0.05, 0) is 216 Å². The molecule has 2 aliphatic heterocycles. The second-order valence-electron chi connectivity index (χ2n) is 40.0. The predicted molar refractivity (Wildman–Crippen MR) is 526 cm³/mol. The Morgan fingerprint density at radius 2 is 0.587 bits per heavy atom. The Morgan fingerprint density at radius 1 is 0.248 bits per heavy atom. The molecule has 0 amide bonds. The summed E-state index contributed by atoms with van der Waals surface area (Å²) in [6, 6.07) is -18.8. The molecule has 18 rings (SSSR count). The smallest absolute Gasteiger partial charge is 0.252 e. The molecule has 14 aromatic carbocycles. The Kier molecular flexibility index (Phi) is 11.1. The zero-order valence-corrected chi connectivity index (χ0v) is 73.0. The lowest BCUT2D eigenvalue weighted by Crippen LogP contribution is -2.61. The molecular formula is C116H119BN4. The third-order valence-electron chi connectivity index (χ3n) is 22.7. The molecule has 0 saturated heterocycles. The molecule has 5 heteroatoms. The van der Waals surface area contributed by atoms with E-state index in [4.69, 9.17) is 1.37 Å². The van der Waals surface area contributed by atoms with Crippen molar-refractivity contribution >= 4 is 101 Å². The summed E-state index contributed by atoms with van der Waals surface area (Å²) in [6.07, 6.45) is 0. The third-order valence-corrected chi connectivity index (χ3v) is 22.7. The SMILES string of the molecule is [2H]c1c([2H])c([2H])c(-c2ccc3c(c2)N(c2c(-c4c([2H])c([2H])c(C(C)(C)C)c([2H])c4[2H])c([2H])c(C(C)(C)C)c([2H])c2-c2c([2H])c(C(C)(C)C)c([2H])c(C(C)(C)C)c2[2H])c2cc(-n4c5c([2H])c([2H])c([2H])c([2H])c5c5c([2H])c([2H])c([2H])c([2H])c54)cc4c2B3c2ccc(-n3c5c([2H])c([2H])c([2H])c([2H])c5c5c([2H])c([2H])c([2H])c([2H])c53)cc2N4c2c(-c3c([2H])c([2H])c(C(C)(C)C)c([2H])c3[2H])c([2H])c(C(C)(C)C)c([2H])c2-c2c(C(C)(C)C)c([2H])c([2H])c([2H])c2C(C)(C)C)c([2H])c1[2H]. The molecule has 4 heterocycles. The fourth-order valence-electron chi connectivity index (χ4n) is 16.3. The van der Waals surface area contributed by atoms with Crippen LogP contribution in [0.2, 0.25) is 0 Å². The predicted octanol–water partition coefficient (Wildman–Crippen LogP) is 30.7. The molecule has 0 unspecified atom stereocenters. The van der Waals surface area contributed by atoms with Crippen molar-refractivity contribution in [3.8, 4) is 67.0 Å². The topological polar surface area (TPSA) is 16.3 Å². The molecule has 0 N–H and O–H groups in total. The number of nitrogens with zero attached hydrogens (tertiary/aromatic N) is 4. The summed E-state index contributed by atoms with van der Waals surface area (Å²) in [4.78, 5) is 2.77. The van der Waals surface area contributed by atoms with Crippen molar-refractivity contribution in [3.63, 3.8) is 0 Å². The zero-order chi connectivity index (χ0) is 119. The Hall–Kier alpha value is -11.7. The standard InChI is InChI=1S/C116H119BN4/c1-109(2,3)77-54-49-73(50-55-77)89-65-81(113(13,14)15)67-91(76-61-79(111(7,8)9)64-80(62-76)112(10,11)12)107(89)120-101-63-75(72-37-26-25-27-38-72)53-59-95(101)117-96-60-58-83(118-97-45-32-28-39-85(97)86-40-29-33-46-98(86)118)69-102(96)121(104-71-84(70-103(120)106(104)117)119-99-47-34-30-41-87(99)88-42-31-35-48-100(88)119)108-90(74-51-56-78(57-52-74)110(4,5)6)66-82(114(16,17)18)68-92(108)105-93(115(19,20)21)43-36-44-94(105)116(22,23)24/h25-71H,1-24H3/i25D,26D,27D,28D,29D,30D,31D,32D,33D,34D,35D,36D,37D,38D,39D,40D,41D,42D,43D,44D,45D,46D,47D,48D,49D,50D,51D,52D,54D,55D,56D,57D,61D,62D,64D,65D,66D,67D,68D. The molecule has 0 fully saturated rings. The Labute approximate surface area is 775 Å². The van der Waals surface area contributed by atoms with Crippen LogP contribution in [0.15, 0.2) is 284 Å². The highest BCUT2D eigenvalue weighted by molar-refractivity contribution is 7.00. The molecule has 0 radical (unpaired) electrons. The highest BCUT2D eigenvalue weighted by Gasteiger charge is 2.47. The van der Waals surface area contributed by atoms with E-state index in [9.17, 15) is 52.1 Å². The van der Waals surface area contributed by atoms with Crippen molar-refractivity contribution in [3.05, 3.63) is 329 Å². The average Bonchev–Trinajstić information content (AvgIpc) is 0.876. The van der Waals surface area contributed by atoms with Gasteiger partial charge in [0.1, 0.15) is 0 Å². The number of fused-ring (bicyclic) bond motifs is 10. The minimum absolute atomic E-state index is 0.0323. The number of rotatable bonds is 9. The van der Waals surface area contributed by atoms with E-state index in [2.05, 4.69) is 0 Å². The van der Waals surface area contributed by atoms with E-state index >= 15 is 0 Å². The lowest BCUT2D eigenvalue weighted by molar-refractivity contribution is 0.569. The number of para-hydroxylation sites is 4. The first kappa shape index (κ1) is 46.9. The molecule has 16 aromatic rings. The maximum atomic E-state index is 12.0. The van der Waals surface area contributed by atoms with Crippen LogP contribution in [-0.4, -0.2) is 15.8 Å². The van der Waals surface area contributed by atoms with Gasteiger partial charge in [0.2, 0.25) is 0 Å². The van der Waals surface area contributed by atoms with Crippen LogP contribution in [0.3, 0.4) is 0 Å². The maximum Gasteiger partial charge on any atom is 0.252 e. The van der Waals surface area contributed by atoms with Crippen molar-refractivity contribution in [2.75, 3.05) is 9.80 Å². The highest BCUT2D eigenvalue weighted by Crippen LogP contribution is 2.58. The van der Waals surface area contributed by atoms with E-state index in [0.29, 0.717) is 0 Å². The first-order valence-corrected chi connectivity index (χ1v) is 40.9. The highest BCUT2D eigenvalue weighted by atomic mass is 15.2.